The Morgan fingerprint density at radius 2 is 1.64 bits per heavy atom. The Labute approximate surface area is 220 Å². The summed E-state index contributed by atoms with van der Waals surface area (Å²) in [6, 6.07) is 16.5. The minimum Gasteiger partial charge on any atom is -0.483 e. The summed E-state index contributed by atoms with van der Waals surface area (Å²) in [7, 11) is 0. The van der Waals surface area contributed by atoms with Crippen molar-refractivity contribution in [2.45, 2.75) is 0 Å². The molecule has 1 aliphatic heterocycles. The van der Waals surface area contributed by atoms with E-state index >= 15 is 0 Å². The summed E-state index contributed by atoms with van der Waals surface area (Å²) >= 11 is 18.0. The van der Waals surface area contributed by atoms with Gasteiger partial charge in [-0.1, -0.05) is 65.1 Å². The predicted octanol–water partition coefficient (Wildman–Crippen LogP) is 5.33. The molecule has 4 rings (SSSR count). The summed E-state index contributed by atoms with van der Waals surface area (Å²) in [5, 5.41) is 5.51. The summed E-state index contributed by atoms with van der Waals surface area (Å²) in [4.78, 5) is 51.2. The average Bonchev–Trinajstić information content (AvgIpc) is 2.84. The zero-order chi connectivity index (χ0) is 25.8. The number of nitrogens with one attached hydrogen (secondary N) is 2. The van der Waals surface area contributed by atoms with Crippen LogP contribution in [0.3, 0.4) is 0 Å². The van der Waals surface area contributed by atoms with Crippen molar-refractivity contribution in [3.63, 3.8) is 0 Å². The van der Waals surface area contributed by atoms with Crippen LogP contribution in [0.4, 0.5) is 16.2 Å². The van der Waals surface area contributed by atoms with Gasteiger partial charge >= 0.3 is 6.03 Å². The number of hydrogen-bond acceptors (Lipinski definition) is 5. The summed E-state index contributed by atoms with van der Waals surface area (Å²) in [6.07, 6.45) is 1.27. The van der Waals surface area contributed by atoms with Crippen LogP contribution in [0.25, 0.3) is 6.08 Å². The van der Waals surface area contributed by atoms with Crippen LogP contribution in [0.1, 0.15) is 5.56 Å². The second-order valence-corrected chi connectivity index (χ2v) is 8.63. The predicted molar refractivity (Wildman–Crippen MR) is 137 cm³/mol. The molecule has 36 heavy (non-hydrogen) atoms. The molecule has 0 aliphatic carbocycles. The number of carbonyl (C=O) groups is 4. The molecule has 0 spiro atoms. The van der Waals surface area contributed by atoms with Crippen molar-refractivity contribution < 1.29 is 23.9 Å². The Morgan fingerprint density at radius 3 is 2.39 bits per heavy atom. The molecule has 1 heterocycles. The van der Waals surface area contributed by atoms with Crippen LogP contribution in [-0.2, 0) is 14.4 Å². The van der Waals surface area contributed by atoms with Gasteiger partial charge < -0.3 is 10.1 Å². The molecule has 5 amide bonds. The third-order valence-corrected chi connectivity index (χ3v) is 6.06. The number of amides is 5. The fraction of sp³-hybridized carbons (Fsp3) is 0.0400. The van der Waals surface area contributed by atoms with Crippen LogP contribution in [0.5, 0.6) is 5.75 Å². The van der Waals surface area contributed by atoms with Gasteiger partial charge in [-0.2, -0.15) is 0 Å². The topological polar surface area (TPSA) is 105 Å². The lowest BCUT2D eigenvalue weighted by molar-refractivity contribution is -0.122. The van der Waals surface area contributed by atoms with E-state index < -0.39 is 23.8 Å². The lowest BCUT2D eigenvalue weighted by Gasteiger charge is -2.26. The van der Waals surface area contributed by atoms with Gasteiger partial charge in [-0.05, 0) is 42.5 Å². The molecule has 1 aliphatic rings. The van der Waals surface area contributed by atoms with E-state index in [9.17, 15) is 19.2 Å². The fourth-order valence-electron chi connectivity index (χ4n) is 3.29. The molecule has 2 N–H and O–H groups in total. The van der Waals surface area contributed by atoms with E-state index in [2.05, 4.69) is 10.6 Å². The number of rotatable bonds is 6. The largest absolute Gasteiger partial charge is 0.483 e. The van der Waals surface area contributed by atoms with Crippen molar-refractivity contribution in [1.29, 1.82) is 0 Å². The Bertz CT molecular complexity index is 1420. The number of anilines is 2. The number of nitrogens with zero attached hydrogens (tertiary/aromatic N) is 1. The number of imide groups is 2. The first-order chi connectivity index (χ1) is 17.2. The van der Waals surface area contributed by atoms with Crippen molar-refractivity contribution in [3.05, 3.63) is 92.9 Å². The third kappa shape index (κ3) is 5.52. The van der Waals surface area contributed by atoms with Crippen molar-refractivity contribution in [2.75, 3.05) is 16.8 Å². The molecule has 11 heteroatoms. The highest BCUT2D eigenvalue weighted by atomic mass is 35.5. The summed E-state index contributed by atoms with van der Waals surface area (Å²) < 4.78 is 5.63. The fourth-order valence-corrected chi connectivity index (χ4v) is 3.77. The number of benzene rings is 3. The van der Waals surface area contributed by atoms with E-state index in [-0.39, 0.29) is 33.7 Å². The zero-order valence-electron chi connectivity index (χ0n) is 18.3. The summed E-state index contributed by atoms with van der Waals surface area (Å²) in [5.41, 5.74) is 0.577. The summed E-state index contributed by atoms with van der Waals surface area (Å²) in [6.45, 7) is -0.362. The minimum absolute atomic E-state index is 0.131. The summed E-state index contributed by atoms with van der Waals surface area (Å²) in [5.74, 6) is -1.98. The second kappa shape index (κ2) is 10.8. The standard InChI is InChI=1S/C25H16Cl3N3O5/c26-17-10-9-15(12-19(17)28)31-24(34)16(23(33)30-25(31)35)11-14-5-1-4-8-21(14)36-13-22(32)29-20-7-3-2-6-18(20)27/h1-12H,13H2,(H,29,32)(H,30,33,35)/b16-11-. The number of barbiturate groups is 1. The Balaban J connectivity index is 1.56. The maximum atomic E-state index is 13.1. The van der Waals surface area contributed by atoms with E-state index in [0.717, 1.165) is 4.90 Å². The normalized spacial score (nSPS) is 14.6. The van der Waals surface area contributed by atoms with Crippen LogP contribution in [0, 0.1) is 0 Å². The second-order valence-electron chi connectivity index (χ2n) is 7.41. The maximum absolute atomic E-state index is 13.1. The van der Waals surface area contributed by atoms with Gasteiger partial charge in [0, 0.05) is 5.56 Å². The van der Waals surface area contributed by atoms with Crippen LogP contribution >= 0.6 is 34.8 Å². The average molecular weight is 545 g/mol. The van der Waals surface area contributed by atoms with Gasteiger partial charge in [-0.3, -0.25) is 19.7 Å². The number of carbonyl (C=O) groups excluding carboxylic acids is 4. The molecular formula is C25H16Cl3N3O5. The van der Waals surface area contributed by atoms with E-state index in [0.29, 0.717) is 16.3 Å². The first kappa shape index (κ1) is 25.2. The Hall–Kier alpha value is -3.85. The molecule has 0 radical (unpaired) electrons. The molecule has 3 aromatic carbocycles. The molecule has 1 saturated heterocycles. The van der Waals surface area contributed by atoms with Gasteiger partial charge in [0.2, 0.25) is 0 Å². The Morgan fingerprint density at radius 1 is 0.917 bits per heavy atom. The quantitative estimate of drug-likeness (QED) is 0.322. The monoisotopic (exact) mass is 543 g/mol. The van der Waals surface area contributed by atoms with Crippen LogP contribution < -0.4 is 20.3 Å². The van der Waals surface area contributed by atoms with Gasteiger partial charge in [0.15, 0.2) is 6.61 Å². The molecular weight excluding hydrogens is 529 g/mol. The van der Waals surface area contributed by atoms with Gasteiger partial charge in [-0.15, -0.1) is 0 Å². The minimum atomic E-state index is -0.929. The number of ether oxygens (including phenoxy) is 1. The zero-order valence-corrected chi connectivity index (χ0v) is 20.5. The van der Waals surface area contributed by atoms with Crippen LogP contribution in [0.2, 0.25) is 15.1 Å². The highest BCUT2D eigenvalue weighted by molar-refractivity contribution is 6.43. The van der Waals surface area contributed by atoms with Crippen LogP contribution in [-0.4, -0.2) is 30.4 Å². The molecule has 0 unspecified atom stereocenters. The molecule has 182 valence electrons. The number of para-hydroxylation sites is 2. The SMILES string of the molecule is O=C(COc1ccccc1/C=C1/C(=O)NC(=O)N(c2ccc(Cl)c(Cl)c2)C1=O)Nc1ccccc1Cl. The number of hydrogen-bond donors (Lipinski definition) is 2. The van der Waals surface area contributed by atoms with E-state index in [1.807, 2.05) is 0 Å². The molecule has 8 nitrogen and oxygen atoms in total. The molecule has 1 fully saturated rings. The van der Waals surface area contributed by atoms with Crippen molar-refractivity contribution in [2.24, 2.45) is 0 Å². The molecule has 0 saturated carbocycles. The first-order valence-electron chi connectivity index (χ1n) is 10.4. The first-order valence-corrected chi connectivity index (χ1v) is 11.5. The molecule has 3 aromatic rings. The van der Waals surface area contributed by atoms with Crippen molar-refractivity contribution in [1.82, 2.24) is 5.32 Å². The lowest BCUT2D eigenvalue weighted by Crippen LogP contribution is -2.54. The van der Waals surface area contributed by atoms with Crippen LogP contribution in [0.15, 0.2) is 72.3 Å². The third-order valence-electron chi connectivity index (χ3n) is 4.99. The highest BCUT2D eigenvalue weighted by Gasteiger charge is 2.37. The number of halogens is 3. The highest BCUT2D eigenvalue weighted by Crippen LogP contribution is 2.30. The Kier molecular flexibility index (Phi) is 7.59. The van der Waals surface area contributed by atoms with Gasteiger partial charge in [0.05, 0.1) is 26.4 Å². The van der Waals surface area contributed by atoms with Gasteiger partial charge in [-0.25, -0.2) is 9.69 Å². The maximum Gasteiger partial charge on any atom is 0.335 e. The lowest BCUT2D eigenvalue weighted by atomic mass is 10.1. The van der Waals surface area contributed by atoms with E-state index in [4.69, 9.17) is 39.5 Å². The van der Waals surface area contributed by atoms with E-state index in [1.165, 1.54) is 24.3 Å². The van der Waals surface area contributed by atoms with Crippen molar-refractivity contribution >= 4 is 76.0 Å². The van der Waals surface area contributed by atoms with Gasteiger partial charge in [0.1, 0.15) is 11.3 Å². The molecule has 0 bridgehead atoms. The van der Waals surface area contributed by atoms with E-state index in [1.54, 1.807) is 48.5 Å². The molecule has 0 atom stereocenters. The smallest absolute Gasteiger partial charge is 0.335 e. The van der Waals surface area contributed by atoms with Gasteiger partial charge in [0.25, 0.3) is 17.7 Å². The van der Waals surface area contributed by atoms with Crippen molar-refractivity contribution in [3.8, 4) is 5.75 Å². The molecule has 0 aromatic heterocycles. The number of urea groups is 1.